The number of fused-ring (bicyclic) bond motifs is 1. The lowest BCUT2D eigenvalue weighted by Gasteiger charge is -2.13. The van der Waals surface area contributed by atoms with Gasteiger partial charge in [0, 0.05) is 27.9 Å². The first kappa shape index (κ1) is 29.1. The maximum Gasteiger partial charge on any atom is 0.164 e. The summed E-state index contributed by atoms with van der Waals surface area (Å²) < 4.78 is 0. The van der Waals surface area contributed by atoms with Gasteiger partial charge < -0.3 is 0 Å². The minimum atomic E-state index is 0.616. The SMILES string of the molecule is Cc1cc(-c2cccc(-c3cc(-c4ccc5ccccc5c4)cc(-c4nc(-c5ccccc5)nc(-c5ccccc5)n4)c3)c2)nc(C)n1. The smallest absolute Gasteiger partial charge is 0.164 e. The summed E-state index contributed by atoms with van der Waals surface area (Å²) in [4.78, 5) is 24.3. The molecular formula is C43H31N5. The van der Waals surface area contributed by atoms with Crippen LogP contribution in [-0.4, -0.2) is 24.9 Å². The van der Waals surface area contributed by atoms with Gasteiger partial charge in [0.15, 0.2) is 17.5 Å². The standard InChI is InChI=1S/C43H31N5/c1-28-22-40(45-29(2)44-28)36-19-11-18-34(24-36)37-25-38(35-21-20-30-12-9-10-17-33(30)23-35)27-39(26-37)43-47-41(31-13-5-3-6-14-31)46-42(48-43)32-15-7-4-8-16-32/h3-27H,1-2H3. The summed E-state index contributed by atoms with van der Waals surface area (Å²) in [7, 11) is 0. The Morgan fingerprint density at radius 1 is 0.312 bits per heavy atom. The fourth-order valence-corrected chi connectivity index (χ4v) is 6.12. The summed E-state index contributed by atoms with van der Waals surface area (Å²) in [6, 6.07) is 52.4. The molecule has 0 bridgehead atoms. The minimum Gasteiger partial charge on any atom is -0.239 e. The van der Waals surface area contributed by atoms with Crippen LogP contribution >= 0.6 is 0 Å². The molecule has 0 amide bonds. The van der Waals surface area contributed by atoms with Crippen LogP contribution < -0.4 is 0 Å². The first-order valence-electron chi connectivity index (χ1n) is 16.0. The van der Waals surface area contributed by atoms with Crippen molar-refractivity contribution in [3.8, 4) is 67.7 Å². The van der Waals surface area contributed by atoms with Crippen LogP contribution in [0, 0.1) is 13.8 Å². The molecular weight excluding hydrogens is 587 g/mol. The molecule has 0 aliphatic carbocycles. The number of hydrogen-bond acceptors (Lipinski definition) is 5. The van der Waals surface area contributed by atoms with Crippen LogP contribution in [-0.2, 0) is 0 Å². The van der Waals surface area contributed by atoms with Crippen LogP contribution in [0.25, 0.3) is 78.4 Å². The summed E-state index contributed by atoms with van der Waals surface area (Å²) in [6.45, 7) is 3.94. The molecule has 0 aliphatic rings. The lowest BCUT2D eigenvalue weighted by Crippen LogP contribution is -2.00. The summed E-state index contributed by atoms with van der Waals surface area (Å²) in [5.41, 5.74) is 10.0. The van der Waals surface area contributed by atoms with E-state index in [9.17, 15) is 0 Å². The highest BCUT2D eigenvalue weighted by Crippen LogP contribution is 2.35. The fraction of sp³-hybridized carbons (Fsp3) is 0.0465. The van der Waals surface area contributed by atoms with Crippen molar-refractivity contribution >= 4 is 10.8 Å². The maximum atomic E-state index is 5.06. The Labute approximate surface area is 279 Å². The number of aromatic nitrogens is 5. The molecule has 48 heavy (non-hydrogen) atoms. The molecule has 0 unspecified atom stereocenters. The summed E-state index contributed by atoms with van der Waals surface area (Å²) >= 11 is 0. The molecule has 0 fully saturated rings. The third-order valence-corrected chi connectivity index (χ3v) is 8.43. The highest BCUT2D eigenvalue weighted by Gasteiger charge is 2.15. The number of rotatable bonds is 6. The fourth-order valence-electron chi connectivity index (χ4n) is 6.12. The third kappa shape index (κ3) is 5.97. The second kappa shape index (κ2) is 12.5. The van der Waals surface area contributed by atoms with Gasteiger partial charge in [0.25, 0.3) is 0 Å². The van der Waals surface area contributed by atoms with Crippen LogP contribution in [0.1, 0.15) is 11.5 Å². The highest BCUT2D eigenvalue weighted by molar-refractivity contribution is 5.89. The lowest BCUT2D eigenvalue weighted by molar-refractivity contribution is 1.02. The monoisotopic (exact) mass is 617 g/mol. The van der Waals surface area contributed by atoms with Gasteiger partial charge in [-0.1, -0.05) is 115 Å². The van der Waals surface area contributed by atoms with Gasteiger partial charge in [-0.3, -0.25) is 0 Å². The number of nitrogens with zero attached hydrogens (tertiary/aromatic N) is 5. The highest BCUT2D eigenvalue weighted by atomic mass is 15.0. The van der Waals surface area contributed by atoms with Gasteiger partial charge in [0.1, 0.15) is 5.82 Å². The van der Waals surface area contributed by atoms with Gasteiger partial charge in [-0.05, 0) is 83.3 Å². The number of hydrogen-bond donors (Lipinski definition) is 0. The molecule has 2 heterocycles. The second-order valence-corrected chi connectivity index (χ2v) is 11.9. The molecule has 0 radical (unpaired) electrons. The van der Waals surface area contributed by atoms with E-state index < -0.39 is 0 Å². The first-order chi connectivity index (χ1) is 23.6. The molecule has 0 saturated carbocycles. The van der Waals surface area contributed by atoms with Crippen molar-refractivity contribution in [2.45, 2.75) is 13.8 Å². The van der Waals surface area contributed by atoms with Crippen molar-refractivity contribution < 1.29 is 0 Å². The zero-order valence-corrected chi connectivity index (χ0v) is 26.7. The van der Waals surface area contributed by atoms with E-state index in [1.807, 2.05) is 80.6 Å². The average molecular weight is 618 g/mol. The van der Waals surface area contributed by atoms with E-state index in [2.05, 4.69) is 89.9 Å². The first-order valence-corrected chi connectivity index (χ1v) is 16.0. The quantitative estimate of drug-likeness (QED) is 0.186. The van der Waals surface area contributed by atoms with E-state index in [-0.39, 0.29) is 0 Å². The largest absolute Gasteiger partial charge is 0.239 e. The van der Waals surface area contributed by atoms with Crippen LogP contribution in [0.2, 0.25) is 0 Å². The van der Waals surface area contributed by atoms with E-state index in [4.69, 9.17) is 19.9 Å². The molecule has 0 aliphatic heterocycles. The van der Waals surface area contributed by atoms with Gasteiger partial charge in [0.05, 0.1) is 5.69 Å². The second-order valence-electron chi connectivity index (χ2n) is 11.9. The maximum absolute atomic E-state index is 5.06. The number of aryl methyl sites for hydroxylation is 2. The van der Waals surface area contributed by atoms with Crippen molar-refractivity contribution in [2.75, 3.05) is 0 Å². The Morgan fingerprint density at radius 2 is 0.812 bits per heavy atom. The Morgan fingerprint density at radius 3 is 1.46 bits per heavy atom. The topological polar surface area (TPSA) is 64.5 Å². The van der Waals surface area contributed by atoms with E-state index in [1.54, 1.807) is 0 Å². The molecule has 0 spiro atoms. The summed E-state index contributed by atoms with van der Waals surface area (Å²) in [5.74, 6) is 2.64. The van der Waals surface area contributed by atoms with Crippen molar-refractivity contribution in [3.05, 3.63) is 163 Å². The Balaban J connectivity index is 1.34. The van der Waals surface area contributed by atoms with Gasteiger partial charge in [-0.15, -0.1) is 0 Å². The van der Waals surface area contributed by atoms with Gasteiger partial charge in [-0.25, -0.2) is 24.9 Å². The average Bonchev–Trinajstić information content (AvgIpc) is 3.14. The summed E-state index contributed by atoms with van der Waals surface area (Å²) in [6.07, 6.45) is 0. The summed E-state index contributed by atoms with van der Waals surface area (Å²) in [5, 5.41) is 2.40. The zero-order chi connectivity index (χ0) is 32.5. The van der Waals surface area contributed by atoms with E-state index in [1.165, 1.54) is 10.8 Å². The molecule has 5 heteroatoms. The van der Waals surface area contributed by atoms with Crippen molar-refractivity contribution in [3.63, 3.8) is 0 Å². The predicted molar refractivity (Wildman–Crippen MR) is 195 cm³/mol. The molecule has 2 aromatic heterocycles. The predicted octanol–water partition coefficient (Wildman–Crippen LogP) is 10.4. The van der Waals surface area contributed by atoms with Gasteiger partial charge in [-0.2, -0.15) is 0 Å². The van der Waals surface area contributed by atoms with E-state index >= 15 is 0 Å². The Hall–Kier alpha value is -6.33. The van der Waals surface area contributed by atoms with Crippen LogP contribution in [0.15, 0.2) is 152 Å². The Bertz CT molecular complexity index is 2340. The van der Waals surface area contributed by atoms with Gasteiger partial charge in [0.2, 0.25) is 0 Å². The van der Waals surface area contributed by atoms with E-state index in [0.29, 0.717) is 17.5 Å². The zero-order valence-electron chi connectivity index (χ0n) is 26.7. The lowest BCUT2D eigenvalue weighted by atomic mass is 9.93. The molecule has 8 rings (SSSR count). The van der Waals surface area contributed by atoms with Crippen molar-refractivity contribution in [1.82, 2.24) is 24.9 Å². The van der Waals surface area contributed by atoms with Crippen LogP contribution in [0.3, 0.4) is 0 Å². The van der Waals surface area contributed by atoms with E-state index in [0.717, 1.165) is 61.7 Å². The van der Waals surface area contributed by atoms with Gasteiger partial charge >= 0.3 is 0 Å². The normalized spacial score (nSPS) is 11.1. The van der Waals surface area contributed by atoms with Crippen molar-refractivity contribution in [2.24, 2.45) is 0 Å². The number of benzene rings is 6. The molecule has 0 saturated heterocycles. The molecule has 6 aromatic carbocycles. The van der Waals surface area contributed by atoms with Crippen LogP contribution in [0.5, 0.6) is 0 Å². The molecule has 228 valence electrons. The molecule has 0 N–H and O–H groups in total. The Kier molecular flexibility index (Phi) is 7.55. The van der Waals surface area contributed by atoms with Crippen LogP contribution in [0.4, 0.5) is 0 Å². The third-order valence-electron chi connectivity index (χ3n) is 8.43. The minimum absolute atomic E-state index is 0.616. The molecule has 5 nitrogen and oxygen atoms in total. The molecule has 8 aromatic rings. The van der Waals surface area contributed by atoms with Crippen molar-refractivity contribution in [1.29, 1.82) is 0 Å². The molecule has 0 atom stereocenters.